The van der Waals surface area contributed by atoms with Crippen LogP contribution in [0.3, 0.4) is 0 Å². The van der Waals surface area contributed by atoms with Gasteiger partial charge in [-0.2, -0.15) is 13.2 Å². The third-order valence-corrected chi connectivity index (χ3v) is 27.6. The summed E-state index contributed by atoms with van der Waals surface area (Å²) in [6.07, 6.45) is -8.16. The van der Waals surface area contributed by atoms with E-state index in [4.69, 9.17) is 5.11 Å². The Morgan fingerprint density at radius 2 is 0.703 bits per heavy atom. The molecular weight excluding hydrogens is 2060 g/mol. The van der Waals surface area contributed by atoms with Crippen LogP contribution in [0.5, 0.6) is 0 Å². The van der Waals surface area contributed by atoms with E-state index in [1.807, 2.05) is 213 Å². The molecule has 1 atom stereocenters. The summed E-state index contributed by atoms with van der Waals surface area (Å²) < 4.78 is 118. The van der Waals surface area contributed by atoms with Crippen molar-refractivity contribution in [2.75, 3.05) is 5.75 Å². The Kier molecular flexibility index (Phi) is 34.7. The lowest BCUT2D eigenvalue weighted by atomic mass is 10.1. The highest BCUT2D eigenvalue weighted by Crippen LogP contribution is 2.35. The van der Waals surface area contributed by atoms with Crippen molar-refractivity contribution in [3.05, 3.63) is 329 Å². The van der Waals surface area contributed by atoms with E-state index in [9.17, 15) is 63.9 Å². The monoisotopic (exact) mass is 2120 g/mol. The summed E-state index contributed by atoms with van der Waals surface area (Å²) in [6.45, 7) is 2.31. The quantitative estimate of drug-likeness (QED) is 0.0259. The smallest absolute Gasteiger partial charge is 0.426 e. The molecule has 101 heavy (non-hydrogen) atoms. The number of carbonyl (C=O) groups is 3. The van der Waals surface area contributed by atoms with Crippen molar-refractivity contribution < 1.29 is 73.8 Å². The highest BCUT2D eigenvalue weighted by Gasteiger charge is 2.44. The number of carboxylic acids is 2. The Hall–Kier alpha value is -5.29. The summed E-state index contributed by atoms with van der Waals surface area (Å²) in [7, 11) is -5.86. The molecule has 0 spiro atoms. The van der Waals surface area contributed by atoms with Crippen LogP contribution in [0, 0.1) is 38.9 Å². The van der Waals surface area contributed by atoms with E-state index in [0.717, 1.165) is 39.2 Å². The molecular formula is C75H56F6I6O10S4. The molecule has 0 bridgehead atoms. The predicted molar refractivity (Wildman–Crippen MR) is 429 cm³/mol. The van der Waals surface area contributed by atoms with Gasteiger partial charge in [0.05, 0.1) is 71.7 Å². The summed E-state index contributed by atoms with van der Waals surface area (Å²) in [6, 6.07) is 88.9. The molecule has 0 saturated carbocycles. The molecule has 1 N–H and O–H groups in total. The number of carboxylic acid groups (broad SMARTS) is 2. The fourth-order valence-electron chi connectivity index (χ4n) is 8.28. The summed E-state index contributed by atoms with van der Waals surface area (Å²) in [5, 5.41) is 28.7. The topological polar surface area (TPSA) is 184 Å². The van der Waals surface area contributed by atoms with Gasteiger partial charge in [0.2, 0.25) is 6.10 Å². The van der Waals surface area contributed by atoms with E-state index in [2.05, 4.69) is 123 Å². The molecule has 1 unspecified atom stereocenters. The van der Waals surface area contributed by atoms with Gasteiger partial charge in [-0.25, -0.2) is 26.4 Å². The molecule has 11 aromatic rings. The molecule has 0 aromatic heterocycles. The molecule has 0 amide bonds. The van der Waals surface area contributed by atoms with Gasteiger partial charge in [-0.3, -0.25) is 0 Å². The first-order chi connectivity index (χ1) is 47.8. The van der Waals surface area contributed by atoms with Crippen LogP contribution in [0.15, 0.2) is 323 Å². The normalized spacial score (nSPS) is 11.3. The highest BCUT2D eigenvalue weighted by atomic mass is 127. The predicted octanol–water partition coefficient (Wildman–Crippen LogP) is 18.3. The molecule has 0 fully saturated rings. The summed E-state index contributed by atoms with van der Waals surface area (Å²) in [4.78, 5) is 42.8. The molecule has 11 rings (SSSR count). The molecule has 0 aliphatic carbocycles. The van der Waals surface area contributed by atoms with Gasteiger partial charge in [-0.15, -0.1) is 0 Å². The lowest BCUT2D eigenvalue weighted by molar-refractivity contribution is -0.322. The number of aromatic carboxylic acids is 1. The van der Waals surface area contributed by atoms with Crippen LogP contribution < -0.4 is 10.2 Å². The Morgan fingerprint density at radius 3 is 0.980 bits per heavy atom. The molecule has 0 saturated heterocycles. The van der Waals surface area contributed by atoms with Crippen molar-refractivity contribution in [3.63, 3.8) is 0 Å². The van der Waals surface area contributed by atoms with Gasteiger partial charge in [0.25, 0.3) is 0 Å². The van der Waals surface area contributed by atoms with Gasteiger partial charge in [0, 0.05) is 33.1 Å². The summed E-state index contributed by atoms with van der Waals surface area (Å²) in [5.74, 6) is -6.35. The Morgan fingerprint density at radius 1 is 0.426 bits per heavy atom. The van der Waals surface area contributed by atoms with Crippen molar-refractivity contribution in [2.24, 2.45) is 0 Å². The zero-order chi connectivity index (χ0) is 74.0. The number of hydrogen-bond donors (Lipinski definition) is 1. The van der Waals surface area contributed by atoms with Crippen LogP contribution in [0.2, 0.25) is 0 Å². The lowest BCUT2D eigenvalue weighted by Crippen LogP contribution is -2.43. The van der Waals surface area contributed by atoms with Gasteiger partial charge < -0.3 is 34.2 Å². The van der Waals surface area contributed by atoms with E-state index in [1.54, 1.807) is 46.9 Å². The standard InChI is InChI=1S/3C18H14FS.C10H6F3I3O5S.C7H3I3O2.C4H8O3/c19-15-8-7-13-18(14-15)20(16-9-3-1-4-10-16)17-11-5-2-6-12-17;2*19-15-11-13-18(14-12-15)20(16-7-3-1-4-8-16)17-9-5-2-6-10-17;11-10(12,13)7(3-22(18,19)20)21-9(17)5-1-4(14)2-6(15)8(5)16;8-3-1-4(7(11)12)6(10)5(9)2-3;1-4(2,7)3(5)6/h3*1-14H;1-2,7H,3H2,(H,18,19,20);1-2H,(H,11,12);7H,1-2H3,(H,5,6)/q3*+1;;;/p-3. The molecule has 10 nitrogen and oxygen atoms in total. The Bertz CT molecular complexity index is 4330. The highest BCUT2D eigenvalue weighted by molar-refractivity contribution is 14.1. The maximum atomic E-state index is 13.6. The van der Waals surface area contributed by atoms with Crippen LogP contribution in [-0.2, 0) is 52.3 Å². The van der Waals surface area contributed by atoms with Crippen molar-refractivity contribution in [1.29, 1.82) is 0 Å². The lowest BCUT2D eigenvalue weighted by Gasteiger charge is -2.22. The summed E-state index contributed by atoms with van der Waals surface area (Å²) >= 11 is 11.7. The second kappa shape index (κ2) is 41.4. The first-order valence-electron chi connectivity index (χ1n) is 29.3. The fraction of sp³-hybridized carbons (Fsp3) is 0.0800. The van der Waals surface area contributed by atoms with Crippen LogP contribution in [0.1, 0.15) is 34.6 Å². The van der Waals surface area contributed by atoms with E-state index < -0.39 is 51.7 Å². The van der Waals surface area contributed by atoms with Crippen LogP contribution in [0.4, 0.5) is 26.3 Å². The van der Waals surface area contributed by atoms with Gasteiger partial charge in [-0.1, -0.05) is 115 Å². The minimum Gasteiger partial charge on any atom is -0.748 e. The molecule has 26 heteroatoms. The maximum Gasteiger partial charge on any atom is 0.426 e. The minimum atomic E-state index is -5.21. The van der Waals surface area contributed by atoms with Crippen molar-refractivity contribution in [3.8, 4) is 0 Å². The largest absolute Gasteiger partial charge is 0.748 e. The number of aliphatic carboxylic acids is 1. The third kappa shape index (κ3) is 28.3. The number of aliphatic hydroxyl groups is 1. The SMILES string of the molecule is CC(C)(O)C(=O)[O-].Fc1ccc([S+](c2ccccc2)c2ccccc2)cc1.Fc1ccc([S+](c2ccccc2)c2ccccc2)cc1.Fc1cccc([S+](c2ccccc2)c2ccccc2)c1.O=C(OC(CS(=O)(=O)[O-])C(F)(F)F)c1cc(I)cc(I)c1I.O=C([O-])c1cc(I)cc(I)c1I. The second-order valence-electron chi connectivity index (χ2n) is 21.0. The number of ether oxygens (including phenoxy) is 1. The van der Waals surface area contributed by atoms with Gasteiger partial charge in [0.15, 0.2) is 44.1 Å². The first-order valence-corrected chi connectivity index (χ1v) is 41.0. The molecule has 524 valence electrons. The van der Waals surface area contributed by atoms with Crippen LogP contribution in [-0.4, -0.2) is 59.6 Å². The fourth-order valence-corrected chi connectivity index (χ4v) is 19.9. The average Bonchev–Trinajstić information content (AvgIpc) is 0.858. The molecule has 11 aromatic carbocycles. The zero-order valence-electron chi connectivity index (χ0n) is 52.6. The number of hydrogen-bond acceptors (Lipinski definition) is 10. The number of alkyl halides is 3. The number of halogens is 12. The minimum absolute atomic E-state index is 0.130. The van der Waals surface area contributed by atoms with Crippen molar-refractivity contribution in [2.45, 2.75) is 75.8 Å². The zero-order valence-corrected chi connectivity index (χ0v) is 68.8. The molecule has 0 heterocycles. The molecule has 0 aliphatic rings. The van der Waals surface area contributed by atoms with Crippen molar-refractivity contribution >= 4 is 196 Å². The molecule has 0 aliphatic heterocycles. The average molecular weight is 2120 g/mol. The van der Waals surface area contributed by atoms with Crippen molar-refractivity contribution in [1.82, 2.24) is 0 Å². The number of rotatable bonds is 15. The number of benzene rings is 11. The number of carbonyl (C=O) groups excluding carboxylic acids is 3. The van der Waals surface area contributed by atoms with E-state index in [0.29, 0.717) is 10.7 Å². The Labute approximate surface area is 672 Å². The number of esters is 1. The van der Waals surface area contributed by atoms with Crippen LogP contribution in [0.25, 0.3) is 0 Å². The summed E-state index contributed by atoms with van der Waals surface area (Å²) in [5.41, 5.74) is -1.55. The third-order valence-electron chi connectivity index (χ3n) is 12.9. The second-order valence-corrected chi connectivity index (χ2v) is 35.5. The van der Waals surface area contributed by atoms with E-state index in [-0.39, 0.29) is 61.3 Å². The van der Waals surface area contributed by atoms with Gasteiger partial charge >= 0.3 is 12.1 Å². The van der Waals surface area contributed by atoms with E-state index >= 15 is 0 Å². The Balaban J connectivity index is 0.000000196. The molecule has 0 radical (unpaired) electrons. The maximum absolute atomic E-state index is 13.6. The van der Waals surface area contributed by atoms with Crippen LogP contribution >= 0.6 is 136 Å². The van der Waals surface area contributed by atoms with Gasteiger partial charge in [0.1, 0.15) is 17.5 Å². The van der Waals surface area contributed by atoms with E-state index in [1.165, 1.54) is 65.8 Å². The first kappa shape index (κ1) is 84.6. The van der Waals surface area contributed by atoms with Gasteiger partial charge in [-0.05, 0) is 307 Å².